The van der Waals surface area contributed by atoms with Gasteiger partial charge in [-0.25, -0.2) is 13.9 Å². The molecule has 3 aromatic rings. The number of fused-ring (bicyclic) bond motifs is 1. The molecule has 0 spiro atoms. The first-order valence-corrected chi connectivity index (χ1v) is 10.4. The fraction of sp³-hybridized carbons (Fsp3) is 0.261. The highest BCUT2D eigenvalue weighted by Gasteiger charge is 2.44. The minimum Gasteiger partial charge on any atom is -0.478 e. The summed E-state index contributed by atoms with van der Waals surface area (Å²) in [6.07, 6.45) is -4.86. The van der Waals surface area contributed by atoms with E-state index in [1.807, 2.05) is 0 Å². The van der Waals surface area contributed by atoms with Crippen LogP contribution in [0.2, 0.25) is 0 Å². The number of hydrogen-bond acceptors (Lipinski definition) is 4. The first kappa shape index (κ1) is 23.3. The Labute approximate surface area is 191 Å². The Kier molecular flexibility index (Phi) is 6.03. The summed E-state index contributed by atoms with van der Waals surface area (Å²) < 4.78 is 56.1. The summed E-state index contributed by atoms with van der Waals surface area (Å²) in [4.78, 5) is 25.7. The zero-order valence-corrected chi connectivity index (χ0v) is 17.9. The number of aromatic nitrogens is 2. The third-order valence-corrected chi connectivity index (χ3v) is 5.57. The third kappa shape index (κ3) is 4.59. The van der Waals surface area contributed by atoms with Gasteiger partial charge in [0.1, 0.15) is 17.2 Å². The fourth-order valence-corrected chi connectivity index (χ4v) is 3.94. The molecule has 4 rings (SSSR count). The summed E-state index contributed by atoms with van der Waals surface area (Å²) in [7, 11) is 0. The molecule has 1 aliphatic rings. The van der Waals surface area contributed by atoms with E-state index < -0.39 is 41.2 Å². The van der Waals surface area contributed by atoms with Crippen molar-refractivity contribution in [2.45, 2.75) is 32.2 Å². The van der Waals surface area contributed by atoms with Gasteiger partial charge in [-0.15, -0.1) is 0 Å². The average Bonchev–Trinajstić information content (AvgIpc) is 3.34. The second-order valence-electron chi connectivity index (χ2n) is 7.94. The van der Waals surface area contributed by atoms with Crippen LogP contribution in [-0.2, 0) is 19.3 Å². The van der Waals surface area contributed by atoms with Gasteiger partial charge < -0.3 is 15.3 Å². The minimum absolute atomic E-state index is 0.0162. The number of hydrogen-bond donors (Lipinski definition) is 2. The van der Waals surface area contributed by atoms with Crippen LogP contribution in [0, 0.1) is 5.82 Å². The quantitative estimate of drug-likeness (QED) is 0.520. The number of anilines is 1. The fourth-order valence-electron chi connectivity index (χ4n) is 3.94. The van der Waals surface area contributed by atoms with Gasteiger partial charge in [0.15, 0.2) is 5.69 Å². The Balaban J connectivity index is 1.65. The summed E-state index contributed by atoms with van der Waals surface area (Å²) >= 11 is 0. The molecule has 1 amide bonds. The van der Waals surface area contributed by atoms with Crippen LogP contribution >= 0.6 is 0 Å². The van der Waals surface area contributed by atoms with E-state index in [1.54, 1.807) is 17.9 Å². The number of carbonyl (C=O) groups is 2. The first-order valence-electron chi connectivity index (χ1n) is 10.4. The maximum Gasteiger partial charge on any atom is 0.436 e. The molecule has 2 aromatic carbocycles. The third-order valence-electron chi connectivity index (χ3n) is 5.57. The Hall–Kier alpha value is -3.89. The molecule has 1 aliphatic heterocycles. The van der Waals surface area contributed by atoms with E-state index in [1.165, 1.54) is 42.5 Å². The van der Waals surface area contributed by atoms with Crippen molar-refractivity contribution < 1.29 is 32.3 Å². The van der Waals surface area contributed by atoms with E-state index in [0.29, 0.717) is 17.7 Å². The lowest BCUT2D eigenvalue weighted by atomic mass is 10.1. The topological polar surface area (TPSA) is 87.5 Å². The molecule has 178 valence electrons. The van der Waals surface area contributed by atoms with Gasteiger partial charge >= 0.3 is 12.1 Å². The molecule has 34 heavy (non-hydrogen) atoms. The molecule has 0 radical (unpaired) electrons. The summed E-state index contributed by atoms with van der Waals surface area (Å²) in [6, 6.07) is 10.7. The number of nitrogens with zero attached hydrogens (tertiary/aromatic N) is 3. The monoisotopic (exact) mass is 476 g/mol. The Bertz CT molecular complexity index is 1240. The van der Waals surface area contributed by atoms with Crippen molar-refractivity contribution in [3.63, 3.8) is 0 Å². The molecule has 7 nitrogen and oxygen atoms in total. The summed E-state index contributed by atoms with van der Waals surface area (Å²) in [6.45, 7) is 2.14. The highest BCUT2D eigenvalue weighted by molar-refractivity contribution is 6.01. The van der Waals surface area contributed by atoms with Gasteiger partial charge in [-0.05, 0) is 42.3 Å². The molecule has 0 fully saturated rings. The van der Waals surface area contributed by atoms with Gasteiger partial charge in [-0.2, -0.15) is 18.3 Å². The summed E-state index contributed by atoms with van der Waals surface area (Å²) in [5.74, 6) is -2.54. The number of carboxylic acid groups (broad SMARTS) is 1. The lowest BCUT2D eigenvalue weighted by molar-refractivity contribution is -0.141. The van der Waals surface area contributed by atoms with Crippen LogP contribution in [0.15, 0.2) is 48.5 Å². The van der Waals surface area contributed by atoms with Crippen molar-refractivity contribution >= 4 is 17.7 Å². The lowest BCUT2D eigenvalue weighted by Gasteiger charge is -2.21. The molecule has 0 bridgehead atoms. The molecule has 0 saturated carbocycles. The predicted molar refractivity (Wildman–Crippen MR) is 114 cm³/mol. The van der Waals surface area contributed by atoms with Gasteiger partial charge in [0, 0.05) is 13.1 Å². The maximum absolute atomic E-state index is 13.8. The second-order valence-corrected chi connectivity index (χ2v) is 7.94. The zero-order valence-electron chi connectivity index (χ0n) is 17.9. The maximum atomic E-state index is 13.8. The minimum atomic E-state index is -4.86. The Morgan fingerprint density at radius 3 is 2.47 bits per heavy atom. The molecule has 2 N–H and O–H groups in total. The second kappa shape index (κ2) is 8.81. The molecule has 2 heterocycles. The van der Waals surface area contributed by atoms with Crippen LogP contribution in [0.1, 0.15) is 50.5 Å². The van der Waals surface area contributed by atoms with Gasteiger partial charge in [0.2, 0.25) is 0 Å². The number of amides is 1. The van der Waals surface area contributed by atoms with Gasteiger partial charge in [0.25, 0.3) is 5.91 Å². The van der Waals surface area contributed by atoms with Crippen LogP contribution in [0.4, 0.5) is 23.4 Å². The van der Waals surface area contributed by atoms with Crippen molar-refractivity contribution in [2.75, 3.05) is 11.4 Å². The molecule has 1 unspecified atom stereocenters. The van der Waals surface area contributed by atoms with Crippen LogP contribution in [0.3, 0.4) is 0 Å². The van der Waals surface area contributed by atoms with Crippen molar-refractivity contribution in [3.8, 4) is 0 Å². The van der Waals surface area contributed by atoms with E-state index in [4.69, 9.17) is 5.11 Å². The number of halogens is 4. The molecular weight excluding hydrogens is 456 g/mol. The van der Waals surface area contributed by atoms with Crippen LogP contribution in [0.25, 0.3) is 0 Å². The SMILES string of the molecule is CC(NC(=O)c1c(C(F)(F)F)nn2c1N(Cc1cccc(F)c1)CC2)c1ccc(C(=O)O)cc1. The van der Waals surface area contributed by atoms with Crippen LogP contribution in [0.5, 0.6) is 0 Å². The number of carboxylic acids is 1. The molecule has 11 heteroatoms. The Morgan fingerprint density at radius 2 is 1.85 bits per heavy atom. The van der Waals surface area contributed by atoms with Crippen molar-refractivity contribution in [1.29, 1.82) is 0 Å². The van der Waals surface area contributed by atoms with E-state index in [9.17, 15) is 27.2 Å². The molecular formula is C23H20F4N4O3. The largest absolute Gasteiger partial charge is 0.478 e. The van der Waals surface area contributed by atoms with Crippen LogP contribution in [-0.4, -0.2) is 33.3 Å². The van der Waals surface area contributed by atoms with E-state index in [-0.39, 0.29) is 24.5 Å². The highest BCUT2D eigenvalue weighted by Crippen LogP contribution is 2.38. The first-order chi connectivity index (χ1) is 16.0. The Morgan fingerprint density at radius 1 is 1.15 bits per heavy atom. The van der Waals surface area contributed by atoms with Crippen molar-refractivity contribution in [3.05, 3.63) is 82.3 Å². The average molecular weight is 476 g/mol. The predicted octanol–water partition coefficient (Wildman–Crippen LogP) is 4.25. The molecule has 0 saturated heterocycles. The number of alkyl halides is 3. The standard InChI is InChI=1S/C23H20F4N4O3/c1-13(15-5-7-16(8-6-15)22(33)34)28-20(32)18-19(23(25,26)27)29-31-10-9-30(21(18)31)12-14-3-2-4-17(24)11-14/h2-8,11,13H,9-10,12H2,1H3,(H,28,32)(H,33,34). The number of carbonyl (C=O) groups excluding carboxylic acids is 1. The lowest BCUT2D eigenvalue weighted by Crippen LogP contribution is -2.31. The van der Waals surface area contributed by atoms with Crippen molar-refractivity contribution in [1.82, 2.24) is 15.1 Å². The smallest absolute Gasteiger partial charge is 0.436 e. The van der Waals surface area contributed by atoms with E-state index in [2.05, 4.69) is 10.4 Å². The van der Waals surface area contributed by atoms with Crippen molar-refractivity contribution in [2.24, 2.45) is 0 Å². The number of aromatic carboxylic acids is 1. The number of benzene rings is 2. The van der Waals surface area contributed by atoms with Crippen LogP contribution < -0.4 is 10.2 Å². The van der Waals surface area contributed by atoms with Gasteiger partial charge in [-0.1, -0.05) is 24.3 Å². The summed E-state index contributed by atoms with van der Waals surface area (Å²) in [5.41, 5.74) is -0.786. The number of nitrogens with one attached hydrogen (secondary N) is 1. The molecule has 1 atom stereocenters. The summed E-state index contributed by atoms with van der Waals surface area (Å²) in [5, 5.41) is 15.2. The highest BCUT2D eigenvalue weighted by atomic mass is 19.4. The van der Waals surface area contributed by atoms with Gasteiger partial charge in [-0.3, -0.25) is 4.79 Å². The zero-order chi connectivity index (χ0) is 24.6. The van der Waals surface area contributed by atoms with E-state index >= 15 is 0 Å². The molecule has 0 aliphatic carbocycles. The van der Waals surface area contributed by atoms with E-state index in [0.717, 1.165) is 4.68 Å². The van der Waals surface area contributed by atoms with Gasteiger partial charge in [0.05, 0.1) is 18.2 Å². The number of rotatable bonds is 6. The molecule has 1 aromatic heterocycles. The normalized spacial score (nSPS) is 14.1.